The summed E-state index contributed by atoms with van der Waals surface area (Å²) in [6, 6.07) is 6.52. The minimum Gasteiger partial charge on any atom is -0.465 e. The van der Waals surface area contributed by atoms with Crippen LogP contribution in [0.1, 0.15) is 12.8 Å². The van der Waals surface area contributed by atoms with E-state index >= 15 is 0 Å². The van der Waals surface area contributed by atoms with E-state index < -0.39 is 12.2 Å². The first-order valence-corrected chi connectivity index (χ1v) is 8.65. The van der Waals surface area contributed by atoms with Gasteiger partial charge >= 0.3 is 12.2 Å². The first kappa shape index (κ1) is 18.6. The highest BCUT2D eigenvalue weighted by molar-refractivity contribution is 5.92. The van der Waals surface area contributed by atoms with Crippen LogP contribution < -0.4 is 4.90 Å². The second kappa shape index (κ2) is 8.03. The number of nitrogens with zero attached hydrogens (tertiary/aromatic N) is 3. The van der Waals surface area contributed by atoms with Gasteiger partial charge in [-0.25, -0.2) is 23.9 Å². The number of benzene rings is 1. The minimum atomic E-state index is -1.49. The van der Waals surface area contributed by atoms with Gasteiger partial charge in [-0.05, 0) is 42.3 Å². The zero-order valence-corrected chi connectivity index (χ0v) is 14.6. The van der Waals surface area contributed by atoms with E-state index in [9.17, 15) is 14.0 Å². The summed E-state index contributed by atoms with van der Waals surface area (Å²) in [5.41, 5.74) is 0. The van der Waals surface area contributed by atoms with E-state index in [1.165, 1.54) is 12.1 Å². The van der Waals surface area contributed by atoms with E-state index in [1.54, 1.807) is 18.3 Å². The van der Waals surface area contributed by atoms with E-state index in [2.05, 4.69) is 9.88 Å². The molecule has 1 aliphatic rings. The van der Waals surface area contributed by atoms with Crippen LogP contribution in [-0.2, 0) is 0 Å². The number of anilines is 1. The number of imide groups is 1. The number of fused-ring (bicyclic) bond motifs is 1. The van der Waals surface area contributed by atoms with Crippen LogP contribution >= 0.6 is 0 Å². The Morgan fingerprint density at radius 3 is 2.59 bits per heavy atom. The molecule has 2 N–H and O–H groups in total. The zero-order valence-electron chi connectivity index (χ0n) is 14.6. The Labute approximate surface area is 155 Å². The molecule has 2 heterocycles. The molecule has 7 nitrogen and oxygen atoms in total. The van der Waals surface area contributed by atoms with Gasteiger partial charge in [-0.15, -0.1) is 0 Å². The second-order valence-electron chi connectivity index (χ2n) is 6.43. The van der Waals surface area contributed by atoms with Crippen molar-refractivity contribution in [2.75, 3.05) is 24.5 Å². The maximum Gasteiger partial charge on any atom is 0.417 e. The first-order valence-electron chi connectivity index (χ1n) is 8.65. The number of piperidine rings is 1. The highest BCUT2D eigenvalue weighted by atomic mass is 19.1. The molecule has 1 fully saturated rings. The molecule has 1 saturated heterocycles. The molecule has 1 aromatic heterocycles. The predicted molar refractivity (Wildman–Crippen MR) is 98.5 cm³/mol. The summed E-state index contributed by atoms with van der Waals surface area (Å²) in [5.74, 6) is 0.700. The maximum absolute atomic E-state index is 13.6. The van der Waals surface area contributed by atoms with Gasteiger partial charge in [-0.2, -0.15) is 0 Å². The van der Waals surface area contributed by atoms with Gasteiger partial charge < -0.3 is 15.1 Å². The Balaban J connectivity index is 1.63. The molecule has 0 saturated carbocycles. The van der Waals surface area contributed by atoms with Gasteiger partial charge in [0.25, 0.3) is 0 Å². The molecule has 0 atom stereocenters. The third-order valence-corrected chi connectivity index (χ3v) is 4.70. The summed E-state index contributed by atoms with van der Waals surface area (Å²) in [6.45, 7) is 1.29. The Bertz CT molecular complexity index is 864. The van der Waals surface area contributed by atoms with E-state index in [-0.39, 0.29) is 18.3 Å². The average molecular weight is 373 g/mol. The van der Waals surface area contributed by atoms with E-state index in [4.69, 9.17) is 10.2 Å². The lowest BCUT2D eigenvalue weighted by molar-refractivity contribution is 0.127. The lowest BCUT2D eigenvalue weighted by atomic mass is 9.96. The molecule has 0 radical (unpaired) electrons. The monoisotopic (exact) mass is 373 g/mol. The third-order valence-electron chi connectivity index (χ3n) is 4.70. The number of amides is 2. The second-order valence-corrected chi connectivity index (χ2v) is 6.43. The van der Waals surface area contributed by atoms with E-state index in [1.807, 2.05) is 12.1 Å². The van der Waals surface area contributed by atoms with Crippen LogP contribution in [0.3, 0.4) is 0 Å². The van der Waals surface area contributed by atoms with Gasteiger partial charge in [-0.3, -0.25) is 0 Å². The molecule has 27 heavy (non-hydrogen) atoms. The Morgan fingerprint density at radius 2 is 1.93 bits per heavy atom. The Kier molecular flexibility index (Phi) is 5.54. The highest BCUT2D eigenvalue weighted by Crippen LogP contribution is 2.29. The van der Waals surface area contributed by atoms with Crippen molar-refractivity contribution in [3.05, 3.63) is 48.4 Å². The van der Waals surface area contributed by atoms with Crippen LogP contribution in [-0.4, -0.2) is 51.9 Å². The number of carboxylic acid groups (broad SMARTS) is 2. The molecule has 8 heteroatoms. The van der Waals surface area contributed by atoms with Crippen molar-refractivity contribution in [3.8, 4) is 0 Å². The number of allylic oxidation sites excluding steroid dienone is 1. The number of pyridine rings is 1. The Morgan fingerprint density at radius 1 is 1.22 bits per heavy atom. The molecule has 2 aromatic rings. The largest absolute Gasteiger partial charge is 0.465 e. The van der Waals surface area contributed by atoms with Crippen molar-refractivity contribution in [2.45, 2.75) is 12.8 Å². The minimum absolute atomic E-state index is 0.185. The quantitative estimate of drug-likeness (QED) is 0.792. The first-order chi connectivity index (χ1) is 13.0. The molecular formula is C19H20FN3O4. The molecule has 142 valence electrons. The fourth-order valence-corrected chi connectivity index (χ4v) is 3.28. The van der Waals surface area contributed by atoms with Crippen molar-refractivity contribution in [2.24, 2.45) is 5.92 Å². The van der Waals surface area contributed by atoms with Crippen LogP contribution in [0.4, 0.5) is 19.8 Å². The van der Waals surface area contributed by atoms with Crippen molar-refractivity contribution < 1.29 is 24.2 Å². The summed E-state index contributed by atoms with van der Waals surface area (Å²) in [6.07, 6.45) is 3.83. The molecule has 0 aliphatic carbocycles. The number of hydrogen-bond acceptors (Lipinski definition) is 4. The molecular weight excluding hydrogens is 353 g/mol. The summed E-state index contributed by atoms with van der Waals surface area (Å²) in [7, 11) is 0. The molecule has 0 spiro atoms. The average Bonchev–Trinajstić information content (AvgIpc) is 2.64. The normalized spacial score (nSPS) is 15.4. The van der Waals surface area contributed by atoms with Crippen LogP contribution in [0.5, 0.6) is 0 Å². The zero-order chi connectivity index (χ0) is 19.4. The molecule has 1 aliphatic heterocycles. The molecule has 0 bridgehead atoms. The van der Waals surface area contributed by atoms with Gasteiger partial charge in [0, 0.05) is 24.7 Å². The lowest BCUT2D eigenvalue weighted by Crippen LogP contribution is -2.35. The molecule has 2 amide bonds. The summed E-state index contributed by atoms with van der Waals surface area (Å²) in [5, 5.41) is 19.4. The topological polar surface area (TPSA) is 94.0 Å². The summed E-state index contributed by atoms with van der Waals surface area (Å²) in [4.78, 5) is 28.5. The summed E-state index contributed by atoms with van der Waals surface area (Å²) < 4.78 is 13.6. The smallest absolute Gasteiger partial charge is 0.417 e. The predicted octanol–water partition coefficient (Wildman–Crippen LogP) is 3.80. The van der Waals surface area contributed by atoms with Crippen LogP contribution in [0.25, 0.3) is 10.8 Å². The van der Waals surface area contributed by atoms with Gasteiger partial charge in [0.15, 0.2) is 0 Å². The van der Waals surface area contributed by atoms with Crippen molar-refractivity contribution in [1.29, 1.82) is 0 Å². The number of aromatic nitrogens is 1. The van der Waals surface area contributed by atoms with Crippen LogP contribution in [0, 0.1) is 11.7 Å². The van der Waals surface area contributed by atoms with E-state index in [0.29, 0.717) is 4.90 Å². The maximum atomic E-state index is 13.6. The van der Waals surface area contributed by atoms with Crippen molar-refractivity contribution in [1.82, 2.24) is 9.88 Å². The number of rotatable bonds is 4. The SMILES string of the molecule is O=C(O)N(C/C=C/C1CCN(c2nccc3ccc(F)cc23)CC1)C(=O)O. The third kappa shape index (κ3) is 4.33. The van der Waals surface area contributed by atoms with Gasteiger partial charge in [0.05, 0.1) is 6.54 Å². The fraction of sp³-hybridized carbons (Fsp3) is 0.316. The van der Waals surface area contributed by atoms with Gasteiger partial charge in [0.1, 0.15) is 11.6 Å². The number of halogens is 1. The van der Waals surface area contributed by atoms with Gasteiger partial charge in [0.2, 0.25) is 0 Å². The Hall–Kier alpha value is -3.16. The molecule has 0 unspecified atom stereocenters. The van der Waals surface area contributed by atoms with Gasteiger partial charge in [-0.1, -0.05) is 18.2 Å². The molecule has 3 rings (SSSR count). The van der Waals surface area contributed by atoms with E-state index in [0.717, 1.165) is 42.5 Å². The summed E-state index contributed by atoms with van der Waals surface area (Å²) >= 11 is 0. The highest BCUT2D eigenvalue weighted by Gasteiger charge is 2.21. The van der Waals surface area contributed by atoms with Crippen LogP contribution in [0.15, 0.2) is 42.6 Å². The fourth-order valence-electron chi connectivity index (χ4n) is 3.28. The lowest BCUT2D eigenvalue weighted by Gasteiger charge is -2.32. The number of hydrogen-bond donors (Lipinski definition) is 2. The molecule has 1 aromatic carbocycles. The number of carbonyl (C=O) groups is 2. The van der Waals surface area contributed by atoms with Crippen LogP contribution in [0.2, 0.25) is 0 Å². The van der Waals surface area contributed by atoms with Crippen molar-refractivity contribution >= 4 is 28.8 Å². The van der Waals surface area contributed by atoms with Crippen molar-refractivity contribution in [3.63, 3.8) is 0 Å². The standard InChI is InChI=1S/C19H20FN3O4/c20-15-4-3-14-5-8-21-17(16(14)12-15)22-10-6-13(7-11-22)2-1-9-23(18(24)25)19(26)27/h1-5,8,12-13H,6-7,9-11H2,(H,24,25)(H,26,27)/b2-1+.